The van der Waals surface area contributed by atoms with Crippen LogP contribution in [-0.4, -0.2) is 33.3 Å². The van der Waals surface area contributed by atoms with Gasteiger partial charge in [0.2, 0.25) is 0 Å². The van der Waals surface area contributed by atoms with Crippen LogP contribution in [0.2, 0.25) is 0 Å². The second kappa shape index (κ2) is 5.96. The molecule has 0 aromatic carbocycles. The molecule has 6 nitrogen and oxygen atoms in total. The van der Waals surface area contributed by atoms with E-state index in [1.165, 1.54) is 0 Å². The fraction of sp³-hybridized carbons (Fsp3) is 0.385. The number of nitriles is 1. The Morgan fingerprint density at radius 3 is 2.79 bits per heavy atom. The minimum absolute atomic E-state index is 0.339. The maximum absolute atomic E-state index is 8.67. The zero-order chi connectivity index (χ0) is 13.7. The van der Waals surface area contributed by atoms with Gasteiger partial charge in [-0.15, -0.1) is 10.2 Å². The van der Waals surface area contributed by atoms with Crippen molar-refractivity contribution in [3.05, 3.63) is 36.0 Å². The number of rotatable bonds is 5. The number of anilines is 1. The summed E-state index contributed by atoms with van der Waals surface area (Å²) >= 11 is 0. The van der Waals surface area contributed by atoms with Crippen molar-refractivity contribution in [2.45, 2.75) is 19.9 Å². The topological polar surface area (TPSA) is 70.6 Å². The Labute approximate surface area is 112 Å². The van der Waals surface area contributed by atoms with Gasteiger partial charge in [0.05, 0.1) is 0 Å². The predicted octanol–water partition coefficient (Wildman–Crippen LogP) is 1.38. The van der Waals surface area contributed by atoms with Gasteiger partial charge in [-0.1, -0.05) is 0 Å². The molecular weight excluding hydrogens is 240 g/mol. The highest BCUT2D eigenvalue weighted by atomic mass is 15.2. The number of nitrogens with zero attached hydrogens (tertiary/aromatic N) is 6. The highest BCUT2D eigenvalue weighted by Gasteiger charge is 2.04. The van der Waals surface area contributed by atoms with Crippen LogP contribution in [0.4, 0.5) is 5.82 Å². The molecule has 98 valence electrons. The Morgan fingerprint density at radius 2 is 2.21 bits per heavy atom. The lowest BCUT2D eigenvalue weighted by Crippen LogP contribution is -2.21. The number of hydrogen-bond acceptors (Lipinski definition) is 5. The first kappa shape index (κ1) is 13.0. The Hall–Kier alpha value is -2.42. The molecule has 0 aliphatic heterocycles. The molecule has 0 aliphatic rings. The van der Waals surface area contributed by atoms with Crippen LogP contribution in [-0.2, 0) is 6.54 Å². The normalized spacial score (nSPS) is 10.2. The van der Waals surface area contributed by atoms with Crippen LogP contribution in [0.3, 0.4) is 0 Å². The number of aromatic nitrogens is 4. The third-order valence-electron chi connectivity index (χ3n) is 2.97. The maximum atomic E-state index is 8.67. The van der Waals surface area contributed by atoms with Gasteiger partial charge in [0.1, 0.15) is 11.9 Å². The number of imidazole rings is 1. The molecule has 2 heterocycles. The van der Waals surface area contributed by atoms with Crippen LogP contribution in [0.1, 0.15) is 17.9 Å². The molecule has 6 heteroatoms. The van der Waals surface area contributed by atoms with Gasteiger partial charge in [0.25, 0.3) is 0 Å². The quantitative estimate of drug-likeness (QED) is 0.808. The van der Waals surface area contributed by atoms with Crippen LogP contribution in [0.25, 0.3) is 0 Å². The molecule has 2 rings (SSSR count). The summed E-state index contributed by atoms with van der Waals surface area (Å²) in [6, 6.07) is 5.45. The highest BCUT2D eigenvalue weighted by molar-refractivity contribution is 5.37. The van der Waals surface area contributed by atoms with Crippen LogP contribution in [0.15, 0.2) is 24.5 Å². The fourth-order valence-electron chi connectivity index (χ4n) is 1.82. The van der Waals surface area contributed by atoms with E-state index in [4.69, 9.17) is 5.26 Å². The summed E-state index contributed by atoms with van der Waals surface area (Å²) in [5.41, 5.74) is 0.339. The molecule has 0 aliphatic carbocycles. The summed E-state index contributed by atoms with van der Waals surface area (Å²) in [6.45, 7) is 3.80. The van der Waals surface area contributed by atoms with Crippen molar-refractivity contribution in [3.8, 4) is 6.07 Å². The largest absolute Gasteiger partial charge is 0.358 e. The first-order chi connectivity index (χ1) is 9.20. The van der Waals surface area contributed by atoms with E-state index in [1.807, 2.05) is 43.4 Å². The van der Waals surface area contributed by atoms with E-state index in [0.29, 0.717) is 5.69 Å². The van der Waals surface area contributed by atoms with Crippen LogP contribution < -0.4 is 4.90 Å². The third-order valence-corrected chi connectivity index (χ3v) is 2.97. The van der Waals surface area contributed by atoms with Gasteiger partial charge < -0.3 is 9.47 Å². The average Bonchev–Trinajstić information content (AvgIpc) is 2.84. The lowest BCUT2D eigenvalue weighted by atomic mass is 10.3. The molecule has 0 unspecified atom stereocenters. The van der Waals surface area contributed by atoms with Gasteiger partial charge in [0.15, 0.2) is 11.5 Å². The Kier molecular flexibility index (Phi) is 4.08. The molecule has 0 atom stereocenters. The fourth-order valence-corrected chi connectivity index (χ4v) is 1.82. The lowest BCUT2D eigenvalue weighted by Gasteiger charge is -2.17. The lowest BCUT2D eigenvalue weighted by molar-refractivity contribution is 0.620. The van der Waals surface area contributed by atoms with E-state index in [9.17, 15) is 0 Å². The van der Waals surface area contributed by atoms with E-state index in [1.54, 1.807) is 6.07 Å². The van der Waals surface area contributed by atoms with E-state index < -0.39 is 0 Å². The maximum Gasteiger partial charge on any atom is 0.163 e. The predicted molar refractivity (Wildman–Crippen MR) is 71.6 cm³/mol. The summed E-state index contributed by atoms with van der Waals surface area (Å²) in [6.07, 6.45) is 4.79. The van der Waals surface area contributed by atoms with Crippen molar-refractivity contribution in [2.75, 3.05) is 18.5 Å². The molecule has 0 saturated carbocycles. The molecule has 0 bridgehead atoms. The summed E-state index contributed by atoms with van der Waals surface area (Å²) in [7, 11) is 1.97. The van der Waals surface area contributed by atoms with E-state index in [0.717, 1.165) is 31.2 Å². The zero-order valence-electron chi connectivity index (χ0n) is 11.1. The third kappa shape index (κ3) is 3.28. The minimum Gasteiger partial charge on any atom is -0.358 e. The first-order valence-corrected chi connectivity index (χ1v) is 6.13. The van der Waals surface area contributed by atoms with Gasteiger partial charge in [0, 0.05) is 32.5 Å². The van der Waals surface area contributed by atoms with Crippen molar-refractivity contribution < 1.29 is 0 Å². The van der Waals surface area contributed by atoms with E-state index in [2.05, 4.69) is 19.7 Å². The van der Waals surface area contributed by atoms with Crippen LogP contribution in [0, 0.1) is 18.3 Å². The molecular formula is C13H16N6. The smallest absolute Gasteiger partial charge is 0.163 e. The minimum atomic E-state index is 0.339. The molecule has 0 N–H and O–H groups in total. The molecule has 2 aromatic rings. The van der Waals surface area contributed by atoms with Crippen molar-refractivity contribution >= 4 is 5.82 Å². The Bertz CT molecular complexity index is 566. The number of aryl methyl sites for hydroxylation is 2. The summed E-state index contributed by atoms with van der Waals surface area (Å²) in [5.74, 6) is 1.81. The SMILES string of the molecule is Cc1nccn1CCCN(C)c1ccc(C#N)nn1. The second-order valence-corrected chi connectivity index (χ2v) is 4.33. The van der Waals surface area contributed by atoms with Crippen molar-refractivity contribution in [1.82, 2.24) is 19.7 Å². The molecule has 0 amide bonds. The molecule has 19 heavy (non-hydrogen) atoms. The molecule has 0 spiro atoms. The zero-order valence-corrected chi connectivity index (χ0v) is 11.1. The molecule has 2 aromatic heterocycles. The second-order valence-electron chi connectivity index (χ2n) is 4.33. The highest BCUT2D eigenvalue weighted by Crippen LogP contribution is 2.08. The summed E-state index contributed by atoms with van der Waals surface area (Å²) < 4.78 is 2.12. The van der Waals surface area contributed by atoms with Gasteiger partial charge >= 0.3 is 0 Å². The van der Waals surface area contributed by atoms with Gasteiger partial charge in [-0.3, -0.25) is 0 Å². The first-order valence-electron chi connectivity index (χ1n) is 6.13. The van der Waals surface area contributed by atoms with Gasteiger partial charge in [-0.25, -0.2) is 4.98 Å². The molecule has 0 fully saturated rings. The van der Waals surface area contributed by atoms with E-state index in [-0.39, 0.29) is 0 Å². The monoisotopic (exact) mass is 256 g/mol. The molecule has 0 saturated heterocycles. The van der Waals surface area contributed by atoms with Gasteiger partial charge in [-0.2, -0.15) is 5.26 Å². The van der Waals surface area contributed by atoms with Crippen LogP contribution in [0.5, 0.6) is 0 Å². The van der Waals surface area contributed by atoms with E-state index >= 15 is 0 Å². The van der Waals surface area contributed by atoms with Crippen LogP contribution >= 0.6 is 0 Å². The Balaban J connectivity index is 1.85. The van der Waals surface area contributed by atoms with Gasteiger partial charge in [-0.05, 0) is 25.5 Å². The average molecular weight is 256 g/mol. The van der Waals surface area contributed by atoms with Crippen molar-refractivity contribution in [2.24, 2.45) is 0 Å². The standard InChI is InChI=1S/C13H16N6/c1-11-15-6-9-19(11)8-3-7-18(2)13-5-4-12(10-14)16-17-13/h4-6,9H,3,7-8H2,1-2H3. The van der Waals surface area contributed by atoms with Crippen molar-refractivity contribution in [3.63, 3.8) is 0 Å². The van der Waals surface area contributed by atoms with Crippen molar-refractivity contribution in [1.29, 1.82) is 5.26 Å². The Morgan fingerprint density at radius 1 is 1.37 bits per heavy atom. The summed E-state index contributed by atoms with van der Waals surface area (Å²) in [5, 5.41) is 16.5. The summed E-state index contributed by atoms with van der Waals surface area (Å²) in [4.78, 5) is 6.22. The molecule has 0 radical (unpaired) electrons. The number of hydrogen-bond donors (Lipinski definition) is 0.